The van der Waals surface area contributed by atoms with Gasteiger partial charge < -0.3 is 24.2 Å². The van der Waals surface area contributed by atoms with Gasteiger partial charge in [0.25, 0.3) is 0 Å². The number of phenolic OH excluding ortho intramolecular Hbond substituents is 1. The first kappa shape index (κ1) is 20.3. The highest BCUT2D eigenvalue weighted by atomic mass is 16.5. The summed E-state index contributed by atoms with van der Waals surface area (Å²) in [6, 6.07) is 8.87. The van der Waals surface area contributed by atoms with Gasteiger partial charge in [-0.3, -0.25) is 9.59 Å². The van der Waals surface area contributed by atoms with Crippen LogP contribution < -0.4 is 4.90 Å². The molecule has 0 fully saturated rings. The fourth-order valence-corrected chi connectivity index (χ4v) is 3.75. The summed E-state index contributed by atoms with van der Waals surface area (Å²) in [6.45, 7) is -0.408. The number of ether oxygens (including phenoxy) is 3. The Morgan fingerprint density at radius 3 is 2.16 bits per heavy atom. The molecule has 0 unspecified atom stereocenters. The van der Waals surface area contributed by atoms with Crippen LogP contribution in [0.3, 0.4) is 0 Å². The highest BCUT2D eigenvalue weighted by Gasteiger charge is 2.39. The molecule has 158 valence electrons. The number of rotatable bonds is 3. The molecule has 2 aromatic carbocycles. The molecule has 0 amide bonds. The number of hydrogen-bond acceptors (Lipinski definition) is 9. The highest BCUT2D eigenvalue weighted by molar-refractivity contribution is 6.31. The molecule has 0 atom stereocenters. The molecule has 1 heterocycles. The molecule has 9 heteroatoms. The maximum atomic E-state index is 13.3. The second-order valence-corrected chi connectivity index (χ2v) is 6.77. The van der Waals surface area contributed by atoms with Crippen LogP contribution in [0, 0.1) is 0 Å². The van der Waals surface area contributed by atoms with Crippen LogP contribution in [0.1, 0.15) is 31.8 Å². The van der Waals surface area contributed by atoms with Crippen molar-refractivity contribution in [3.05, 3.63) is 69.9 Å². The SMILES string of the molecule is COC(=O)C1=C(C(=O)OC)N(c2ccc(O)c3c2C(=O)c2ccccc2C3=O)COC1. The monoisotopic (exact) mass is 423 g/mol. The number of fused-ring (bicyclic) bond motifs is 2. The fraction of sp³-hybridized carbons (Fsp3) is 0.182. The second kappa shape index (κ2) is 7.69. The third-order valence-corrected chi connectivity index (χ3v) is 5.16. The number of methoxy groups -OCH3 is 2. The Kier molecular flexibility index (Phi) is 5.04. The summed E-state index contributed by atoms with van der Waals surface area (Å²) in [5.41, 5.74) is -0.106. The van der Waals surface area contributed by atoms with Gasteiger partial charge >= 0.3 is 11.9 Å². The molecule has 0 spiro atoms. The summed E-state index contributed by atoms with van der Waals surface area (Å²) in [4.78, 5) is 52.5. The van der Waals surface area contributed by atoms with Gasteiger partial charge in [-0.05, 0) is 12.1 Å². The van der Waals surface area contributed by atoms with Gasteiger partial charge in [0.2, 0.25) is 0 Å². The van der Waals surface area contributed by atoms with E-state index in [1.165, 1.54) is 29.2 Å². The van der Waals surface area contributed by atoms with E-state index in [2.05, 4.69) is 0 Å². The van der Waals surface area contributed by atoms with Gasteiger partial charge in [0, 0.05) is 11.1 Å². The van der Waals surface area contributed by atoms with Crippen molar-refractivity contribution in [2.24, 2.45) is 0 Å². The minimum atomic E-state index is -0.847. The van der Waals surface area contributed by atoms with Crippen molar-refractivity contribution in [3.63, 3.8) is 0 Å². The van der Waals surface area contributed by atoms with Crippen LogP contribution in [-0.4, -0.2) is 56.2 Å². The third kappa shape index (κ3) is 3.06. The first-order valence-electron chi connectivity index (χ1n) is 9.20. The molecule has 0 saturated carbocycles. The molecule has 0 radical (unpaired) electrons. The van der Waals surface area contributed by atoms with Gasteiger partial charge in [-0.2, -0.15) is 0 Å². The Morgan fingerprint density at radius 2 is 1.55 bits per heavy atom. The smallest absolute Gasteiger partial charge is 0.355 e. The Hall–Kier alpha value is -3.98. The number of hydrogen-bond donors (Lipinski definition) is 1. The maximum Gasteiger partial charge on any atom is 0.355 e. The number of phenols is 1. The quantitative estimate of drug-likeness (QED) is 0.626. The molecule has 1 aliphatic heterocycles. The van der Waals surface area contributed by atoms with E-state index < -0.39 is 23.5 Å². The van der Waals surface area contributed by atoms with E-state index in [9.17, 15) is 24.3 Å². The first-order valence-corrected chi connectivity index (χ1v) is 9.20. The molecule has 2 aromatic rings. The summed E-state index contributed by atoms with van der Waals surface area (Å²) >= 11 is 0. The minimum absolute atomic E-state index is 0.0974. The van der Waals surface area contributed by atoms with E-state index in [1.54, 1.807) is 12.1 Å². The molecule has 4 rings (SSSR count). The Morgan fingerprint density at radius 1 is 0.935 bits per heavy atom. The van der Waals surface area contributed by atoms with Crippen molar-refractivity contribution in [1.29, 1.82) is 0 Å². The lowest BCUT2D eigenvalue weighted by Gasteiger charge is -2.33. The van der Waals surface area contributed by atoms with Crippen LogP contribution in [0.5, 0.6) is 5.75 Å². The number of benzene rings is 2. The van der Waals surface area contributed by atoms with Crippen LogP contribution in [0.25, 0.3) is 0 Å². The number of carbonyl (C=O) groups excluding carboxylic acids is 4. The zero-order chi connectivity index (χ0) is 22.3. The molecule has 1 aliphatic carbocycles. The van der Waals surface area contributed by atoms with Gasteiger partial charge in [0.1, 0.15) is 18.2 Å². The van der Waals surface area contributed by atoms with Gasteiger partial charge in [-0.25, -0.2) is 9.59 Å². The second-order valence-electron chi connectivity index (χ2n) is 6.77. The Balaban J connectivity index is 1.98. The Bertz CT molecular complexity index is 1180. The molecule has 9 nitrogen and oxygen atoms in total. The molecule has 2 aliphatic rings. The van der Waals surface area contributed by atoms with E-state index in [4.69, 9.17) is 14.2 Å². The topological polar surface area (TPSA) is 119 Å². The third-order valence-electron chi connectivity index (χ3n) is 5.16. The van der Waals surface area contributed by atoms with E-state index in [0.29, 0.717) is 0 Å². The van der Waals surface area contributed by atoms with Crippen molar-refractivity contribution >= 4 is 29.2 Å². The van der Waals surface area contributed by atoms with Crippen LogP contribution in [0.2, 0.25) is 0 Å². The molecule has 31 heavy (non-hydrogen) atoms. The lowest BCUT2D eigenvalue weighted by atomic mass is 9.82. The number of carbonyl (C=O) groups is 4. The molecule has 1 N–H and O–H groups in total. The predicted octanol–water partition coefficient (Wildman–Crippen LogP) is 1.56. The summed E-state index contributed by atoms with van der Waals surface area (Å²) in [7, 11) is 2.31. The van der Waals surface area contributed by atoms with Crippen LogP contribution >= 0.6 is 0 Å². The van der Waals surface area contributed by atoms with Crippen molar-refractivity contribution < 1.29 is 38.5 Å². The highest BCUT2D eigenvalue weighted by Crippen LogP contribution is 2.40. The lowest BCUT2D eigenvalue weighted by molar-refractivity contribution is -0.140. The van der Waals surface area contributed by atoms with Crippen molar-refractivity contribution in [1.82, 2.24) is 0 Å². The maximum absolute atomic E-state index is 13.3. The van der Waals surface area contributed by atoms with Crippen LogP contribution in [-0.2, 0) is 23.8 Å². The predicted molar refractivity (Wildman–Crippen MR) is 106 cm³/mol. The van der Waals surface area contributed by atoms with E-state index >= 15 is 0 Å². The van der Waals surface area contributed by atoms with E-state index in [1.807, 2.05) is 0 Å². The number of ketones is 2. The summed E-state index contributed by atoms with van der Waals surface area (Å²) in [5.74, 6) is -3.06. The van der Waals surface area contributed by atoms with Crippen molar-refractivity contribution in [3.8, 4) is 5.75 Å². The van der Waals surface area contributed by atoms with E-state index in [0.717, 1.165) is 14.2 Å². The Labute approximate surface area is 176 Å². The van der Waals surface area contributed by atoms with Gasteiger partial charge in [-0.1, -0.05) is 24.3 Å². The van der Waals surface area contributed by atoms with Crippen LogP contribution in [0.4, 0.5) is 5.69 Å². The number of nitrogens with zero attached hydrogens (tertiary/aromatic N) is 1. The zero-order valence-corrected chi connectivity index (χ0v) is 16.6. The summed E-state index contributed by atoms with van der Waals surface area (Å²) in [6.07, 6.45) is 0. The number of anilines is 1. The molecule has 0 aromatic heterocycles. The van der Waals surface area contributed by atoms with Gasteiger partial charge in [-0.15, -0.1) is 0 Å². The number of esters is 2. The average molecular weight is 423 g/mol. The van der Waals surface area contributed by atoms with Crippen molar-refractivity contribution in [2.45, 2.75) is 0 Å². The van der Waals surface area contributed by atoms with Crippen LogP contribution in [0.15, 0.2) is 47.7 Å². The largest absolute Gasteiger partial charge is 0.507 e. The molecule has 0 bridgehead atoms. The van der Waals surface area contributed by atoms with E-state index in [-0.39, 0.29) is 58.3 Å². The fourth-order valence-electron chi connectivity index (χ4n) is 3.75. The number of aromatic hydroxyl groups is 1. The normalized spacial score (nSPS) is 15.4. The summed E-state index contributed by atoms with van der Waals surface area (Å²) in [5, 5.41) is 10.4. The zero-order valence-electron chi connectivity index (χ0n) is 16.6. The van der Waals surface area contributed by atoms with Gasteiger partial charge in [0.05, 0.1) is 43.2 Å². The molecular weight excluding hydrogens is 406 g/mol. The standard InChI is InChI=1S/C22H17NO8/c1-29-21(27)13-9-31-10-23(18(13)22(28)30-2)14-7-8-15(24)17-16(14)19(25)11-5-3-4-6-12(11)20(17)26/h3-8,24H,9-10H2,1-2H3. The first-order chi connectivity index (χ1) is 14.9. The average Bonchev–Trinajstić information content (AvgIpc) is 2.80. The summed E-state index contributed by atoms with van der Waals surface area (Å²) < 4.78 is 15.0. The van der Waals surface area contributed by atoms with Crippen molar-refractivity contribution in [2.75, 3.05) is 32.5 Å². The molecular formula is C22H17NO8. The van der Waals surface area contributed by atoms with Gasteiger partial charge in [0.15, 0.2) is 11.6 Å². The minimum Gasteiger partial charge on any atom is -0.507 e. The lowest BCUT2D eigenvalue weighted by Crippen LogP contribution is -2.40. The molecule has 0 saturated heterocycles.